The highest BCUT2D eigenvalue weighted by atomic mass is 16.5. The summed E-state index contributed by atoms with van der Waals surface area (Å²) in [5.74, 6) is 1.66. The lowest BCUT2D eigenvalue weighted by Gasteiger charge is -2.15. The number of imidazole rings is 1. The Hall–Kier alpha value is -3.02. The minimum Gasteiger partial charge on any atom is -0.493 e. The van der Waals surface area contributed by atoms with E-state index in [2.05, 4.69) is 15.3 Å². The third-order valence-corrected chi connectivity index (χ3v) is 3.95. The van der Waals surface area contributed by atoms with Crippen LogP contribution in [0.1, 0.15) is 43.0 Å². The van der Waals surface area contributed by atoms with Gasteiger partial charge in [0.05, 0.1) is 30.3 Å². The topological polar surface area (TPSA) is 76.2 Å². The van der Waals surface area contributed by atoms with Crippen LogP contribution in [0.5, 0.6) is 11.5 Å². The van der Waals surface area contributed by atoms with Crippen molar-refractivity contribution in [1.29, 1.82) is 0 Å². The van der Waals surface area contributed by atoms with E-state index < -0.39 is 0 Å². The van der Waals surface area contributed by atoms with Gasteiger partial charge in [-0.05, 0) is 51.1 Å². The summed E-state index contributed by atoms with van der Waals surface area (Å²) in [4.78, 5) is 20.4. The molecule has 1 aromatic heterocycles. The molecule has 2 aromatic carbocycles. The van der Waals surface area contributed by atoms with E-state index in [9.17, 15) is 4.79 Å². The summed E-state index contributed by atoms with van der Waals surface area (Å²) in [5, 5.41) is 2.96. The first-order chi connectivity index (χ1) is 12.5. The van der Waals surface area contributed by atoms with E-state index in [1.807, 2.05) is 45.0 Å². The number of nitrogens with one attached hydrogen (secondary N) is 2. The molecule has 0 spiro atoms. The molecule has 0 radical (unpaired) electrons. The highest BCUT2D eigenvalue weighted by molar-refractivity contribution is 5.95. The van der Waals surface area contributed by atoms with Crippen molar-refractivity contribution >= 4 is 16.9 Å². The molecule has 0 saturated carbocycles. The van der Waals surface area contributed by atoms with Gasteiger partial charge in [0.25, 0.3) is 5.91 Å². The highest BCUT2D eigenvalue weighted by Crippen LogP contribution is 2.29. The van der Waals surface area contributed by atoms with Crippen LogP contribution >= 0.6 is 0 Å². The number of H-pyrrole nitrogens is 1. The van der Waals surface area contributed by atoms with Crippen LogP contribution < -0.4 is 14.8 Å². The minimum absolute atomic E-state index is 0.0247. The Morgan fingerprint density at radius 3 is 2.58 bits per heavy atom. The quantitative estimate of drug-likeness (QED) is 0.706. The number of amides is 1. The van der Waals surface area contributed by atoms with Gasteiger partial charge in [0.2, 0.25) is 0 Å². The van der Waals surface area contributed by atoms with Crippen molar-refractivity contribution in [3.63, 3.8) is 0 Å². The summed E-state index contributed by atoms with van der Waals surface area (Å²) < 4.78 is 11.0. The number of fused-ring (bicyclic) bond motifs is 1. The zero-order valence-corrected chi connectivity index (χ0v) is 15.4. The van der Waals surface area contributed by atoms with Crippen molar-refractivity contribution in [3.8, 4) is 11.5 Å². The number of aromatic nitrogens is 2. The average molecular weight is 353 g/mol. The number of aromatic amines is 1. The molecule has 2 N–H and O–H groups in total. The molecule has 0 aliphatic rings. The summed E-state index contributed by atoms with van der Waals surface area (Å²) in [6.07, 6.45) is 0.0247. The Bertz CT molecular complexity index is 885. The van der Waals surface area contributed by atoms with Crippen LogP contribution in [0.3, 0.4) is 0 Å². The maximum Gasteiger partial charge on any atom is 0.251 e. The molecule has 0 bridgehead atoms. The summed E-state index contributed by atoms with van der Waals surface area (Å²) >= 11 is 0. The van der Waals surface area contributed by atoms with Crippen molar-refractivity contribution < 1.29 is 14.3 Å². The number of ether oxygens (including phenoxy) is 2. The molecule has 3 aromatic rings. The van der Waals surface area contributed by atoms with Crippen LogP contribution in [-0.2, 0) is 0 Å². The normalized spacial score (nSPS) is 12.2. The Morgan fingerprint density at radius 2 is 1.88 bits per heavy atom. The van der Waals surface area contributed by atoms with Gasteiger partial charge >= 0.3 is 0 Å². The number of para-hydroxylation sites is 2. The van der Waals surface area contributed by atoms with Crippen LogP contribution in [0.2, 0.25) is 0 Å². The van der Waals surface area contributed by atoms with E-state index in [1.54, 1.807) is 25.3 Å². The van der Waals surface area contributed by atoms with Gasteiger partial charge in [-0.2, -0.15) is 0 Å². The largest absolute Gasteiger partial charge is 0.493 e. The second kappa shape index (κ2) is 7.47. The van der Waals surface area contributed by atoms with E-state index in [0.29, 0.717) is 22.9 Å². The molecule has 0 fully saturated rings. The highest BCUT2D eigenvalue weighted by Gasteiger charge is 2.17. The predicted octanol–water partition coefficient (Wildman–Crippen LogP) is 3.85. The van der Waals surface area contributed by atoms with Gasteiger partial charge in [0.1, 0.15) is 5.82 Å². The SMILES string of the molecule is COc1cc(C(=O)NC(C)c2nc3ccccc3[nH]2)ccc1OC(C)C. The zero-order valence-electron chi connectivity index (χ0n) is 15.4. The third kappa shape index (κ3) is 3.79. The summed E-state index contributed by atoms with van der Waals surface area (Å²) in [5.41, 5.74) is 2.32. The van der Waals surface area contributed by atoms with Gasteiger partial charge in [-0.25, -0.2) is 4.98 Å². The summed E-state index contributed by atoms with van der Waals surface area (Å²) in [6.45, 7) is 5.77. The van der Waals surface area contributed by atoms with E-state index in [0.717, 1.165) is 11.0 Å². The van der Waals surface area contributed by atoms with Gasteiger partial charge in [-0.15, -0.1) is 0 Å². The van der Waals surface area contributed by atoms with Gasteiger partial charge in [-0.3, -0.25) is 4.79 Å². The third-order valence-electron chi connectivity index (χ3n) is 3.95. The molecule has 6 heteroatoms. The Kier molecular flexibility index (Phi) is 5.11. The average Bonchev–Trinajstić information content (AvgIpc) is 3.05. The molecular weight excluding hydrogens is 330 g/mol. The van der Waals surface area contributed by atoms with Crippen LogP contribution in [0.4, 0.5) is 0 Å². The lowest BCUT2D eigenvalue weighted by molar-refractivity contribution is 0.0938. The Morgan fingerprint density at radius 1 is 1.12 bits per heavy atom. The maximum absolute atomic E-state index is 12.6. The van der Waals surface area contributed by atoms with E-state index >= 15 is 0 Å². The van der Waals surface area contributed by atoms with E-state index in [1.165, 1.54) is 0 Å². The number of benzene rings is 2. The van der Waals surface area contributed by atoms with Crippen LogP contribution in [0, 0.1) is 0 Å². The number of nitrogens with zero attached hydrogens (tertiary/aromatic N) is 1. The predicted molar refractivity (Wildman–Crippen MR) is 101 cm³/mol. The number of hydrogen-bond donors (Lipinski definition) is 2. The Labute approximate surface area is 152 Å². The molecule has 1 atom stereocenters. The number of hydrogen-bond acceptors (Lipinski definition) is 4. The van der Waals surface area contributed by atoms with E-state index in [4.69, 9.17) is 9.47 Å². The molecule has 0 aliphatic heterocycles. The van der Waals surface area contributed by atoms with Crippen molar-refractivity contribution in [2.24, 2.45) is 0 Å². The van der Waals surface area contributed by atoms with Crippen molar-refractivity contribution in [2.75, 3.05) is 7.11 Å². The molecule has 1 heterocycles. The zero-order chi connectivity index (χ0) is 18.7. The number of carbonyl (C=O) groups excluding carboxylic acids is 1. The first kappa shape index (κ1) is 17.8. The first-order valence-corrected chi connectivity index (χ1v) is 8.58. The lowest BCUT2D eigenvalue weighted by Crippen LogP contribution is -2.27. The minimum atomic E-state index is -0.257. The van der Waals surface area contributed by atoms with Crippen LogP contribution in [0.25, 0.3) is 11.0 Å². The summed E-state index contributed by atoms with van der Waals surface area (Å²) in [6, 6.07) is 12.7. The first-order valence-electron chi connectivity index (χ1n) is 8.58. The second-order valence-corrected chi connectivity index (χ2v) is 6.37. The molecule has 1 unspecified atom stereocenters. The van der Waals surface area contributed by atoms with Crippen LogP contribution in [-0.4, -0.2) is 29.1 Å². The number of rotatable bonds is 6. The molecule has 0 saturated heterocycles. The van der Waals surface area contributed by atoms with E-state index in [-0.39, 0.29) is 18.1 Å². The smallest absolute Gasteiger partial charge is 0.251 e. The standard InChI is InChI=1S/C20H23N3O3/c1-12(2)26-17-10-9-14(11-18(17)25-4)20(24)21-13(3)19-22-15-7-5-6-8-16(15)23-19/h5-13H,1-4H3,(H,21,24)(H,22,23). The molecule has 136 valence electrons. The van der Waals surface area contributed by atoms with Gasteiger partial charge < -0.3 is 19.8 Å². The number of methoxy groups -OCH3 is 1. The Balaban J connectivity index is 1.76. The summed E-state index contributed by atoms with van der Waals surface area (Å²) in [7, 11) is 1.56. The van der Waals surface area contributed by atoms with Crippen molar-refractivity contribution in [1.82, 2.24) is 15.3 Å². The maximum atomic E-state index is 12.6. The van der Waals surface area contributed by atoms with Crippen molar-refractivity contribution in [3.05, 3.63) is 53.9 Å². The van der Waals surface area contributed by atoms with Crippen LogP contribution in [0.15, 0.2) is 42.5 Å². The molecule has 1 amide bonds. The second-order valence-electron chi connectivity index (χ2n) is 6.37. The molecule has 0 aliphatic carbocycles. The van der Waals surface area contributed by atoms with Gasteiger partial charge in [0.15, 0.2) is 11.5 Å². The fourth-order valence-corrected chi connectivity index (χ4v) is 2.69. The molecule has 6 nitrogen and oxygen atoms in total. The monoisotopic (exact) mass is 353 g/mol. The molecular formula is C20H23N3O3. The fraction of sp³-hybridized carbons (Fsp3) is 0.300. The molecule has 26 heavy (non-hydrogen) atoms. The number of carbonyl (C=O) groups is 1. The lowest BCUT2D eigenvalue weighted by atomic mass is 10.1. The van der Waals surface area contributed by atoms with Gasteiger partial charge in [-0.1, -0.05) is 12.1 Å². The molecule has 3 rings (SSSR count). The van der Waals surface area contributed by atoms with Gasteiger partial charge in [0, 0.05) is 5.56 Å². The fourth-order valence-electron chi connectivity index (χ4n) is 2.69. The van der Waals surface area contributed by atoms with Crippen molar-refractivity contribution in [2.45, 2.75) is 32.9 Å².